The van der Waals surface area contributed by atoms with Crippen molar-refractivity contribution < 1.29 is 13.6 Å². The average Bonchev–Trinajstić information content (AvgIpc) is 2.42. The molecule has 2 rings (SSSR count). The smallest absolute Gasteiger partial charge is 0.253 e. The summed E-state index contributed by atoms with van der Waals surface area (Å²) in [6.07, 6.45) is 1.27. The lowest BCUT2D eigenvalue weighted by molar-refractivity contribution is 0.0951. The zero-order valence-electron chi connectivity index (χ0n) is 10.2. The first-order valence-electron chi connectivity index (χ1n) is 5.60. The Labute approximate surface area is 118 Å². The van der Waals surface area contributed by atoms with Gasteiger partial charge in [-0.1, -0.05) is 17.7 Å². The molecule has 0 saturated carbocycles. The number of hydrogen-bond donors (Lipinski definition) is 2. The van der Waals surface area contributed by atoms with Crippen LogP contribution < -0.4 is 11.1 Å². The first-order valence-corrected chi connectivity index (χ1v) is 5.98. The predicted molar refractivity (Wildman–Crippen MR) is 71.2 cm³/mol. The second-order valence-electron chi connectivity index (χ2n) is 4.02. The minimum Gasteiger partial charge on any atom is -0.384 e. The molecule has 1 aromatic carbocycles. The molecule has 4 nitrogen and oxygen atoms in total. The van der Waals surface area contributed by atoms with E-state index in [1.807, 2.05) is 0 Å². The fourth-order valence-electron chi connectivity index (χ4n) is 1.56. The fraction of sp³-hybridized carbons (Fsp3) is 0.0769. The van der Waals surface area contributed by atoms with Gasteiger partial charge < -0.3 is 11.1 Å². The van der Waals surface area contributed by atoms with Crippen LogP contribution in [0.1, 0.15) is 15.9 Å². The van der Waals surface area contributed by atoms with E-state index in [0.29, 0.717) is 5.56 Å². The van der Waals surface area contributed by atoms with Crippen LogP contribution in [-0.4, -0.2) is 10.9 Å². The molecule has 0 bridgehead atoms. The standard InChI is InChI=1S/C13H10ClF2N3O/c14-9-6-18-12(17)4-8(9)13(20)19-5-7-1-2-10(15)11(16)3-7/h1-4,6H,5H2,(H2,17,18)(H,19,20). The van der Waals surface area contributed by atoms with E-state index in [2.05, 4.69) is 10.3 Å². The van der Waals surface area contributed by atoms with Crippen LogP contribution in [0.5, 0.6) is 0 Å². The summed E-state index contributed by atoms with van der Waals surface area (Å²) in [7, 11) is 0. The molecule has 20 heavy (non-hydrogen) atoms. The molecule has 7 heteroatoms. The van der Waals surface area contributed by atoms with Gasteiger partial charge in [0.2, 0.25) is 0 Å². The summed E-state index contributed by atoms with van der Waals surface area (Å²) < 4.78 is 25.8. The zero-order chi connectivity index (χ0) is 14.7. The van der Waals surface area contributed by atoms with Gasteiger partial charge in [0, 0.05) is 12.7 Å². The summed E-state index contributed by atoms with van der Waals surface area (Å²) >= 11 is 5.83. The summed E-state index contributed by atoms with van der Waals surface area (Å²) in [4.78, 5) is 15.6. The molecule has 2 aromatic rings. The molecule has 0 fully saturated rings. The van der Waals surface area contributed by atoms with Crippen molar-refractivity contribution in [1.29, 1.82) is 0 Å². The Balaban J connectivity index is 2.08. The van der Waals surface area contributed by atoms with E-state index in [0.717, 1.165) is 12.1 Å². The summed E-state index contributed by atoms with van der Waals surface area (Å²) in [6.45, 7) is 0.0363. The Morgan fingerprint density at radius 3 is 2.75 bits per heavy atom. The normalized spacial score (nSPS) is 10.3. The van der Waals surface area contributed by atoms with Crippen molar-refractivity contribution in [2.45, 2.75) is 6.54 Å². The Hall–Kier alpha value is -2.21. The highest BCUT2D eigenvalue weighted by Gasteiger charge is 2.11. The van der Waals surface area contributed by atoms with Gasteiger partial charge in [-0.05, 0) is 23.8 Å². The molecule has 0 unspecified atom stereocenters. The van der Waals surface area contributed by atoms with Gasteiger partial charge in [-0.25, -0.2) is 13.8 Å². The molecular weight excluding hydrogens is 288 g/mol. The molecule has 0 spiro atoms. The lowest BCUT2D eigenvalue weighted by Crippen LogP contribution is -2.23. The molecule has 104 valence electrons. The number of benzene rings is 1. The van der Waals surface area contributed by atoms with Gasteiger partial charge in [0.1, 0.15) is 5.82 Å². The molecular formula is C13H10ClF2N3O. The number of anilines is 1. The number of aromatic nitrogens is 1. The van der Waals surface area contributed by atoms with Crippen molar-refractivity contribution in [1.82, 2.24) is 10.3 Å². The minimum absolute atomic E-state index is 0.0363. The number of rotatable bonds is 3. The van der Waals surface area contributed by atoms with Gasteiger partial charge in [0.05, 0.1) is 10.6 Å². The quantitative estimate of drug-likeness (QED) is 0.915. The molecule has 0 aliphatic carbocycles. The van der Waals surface area contributed by atoms with Crippen molar-refractivity contribution in [3.05, 3.63) is 58.2 Å². The predicted octanol–water partition coefficient (Wildman–Crippen LogP) is 2.53. The summed E-state index contributed by atoms with van der Waals surface area (Å²) in [5.74, 6) is -2.23. The van der Waals surface area contributed by atoms with Crippen molar-refractivity contribution >= 4 is 23.3 Å². The van der Waals surface area contributed by atoms with Gasteiger partial charge in [-0.3, -0.25) is 4.79 Å². The maximum absolute atomic E-state index is 13.0. The second-order valence-corrected chi connectivity index (χ2v) is 4.43. The topological polar surface area (TPSA) is 68.0 Å². The van der Waals surface area contributed by atoms with Crippen molar-refractivity contribution in [3.8, 4) is 0 Å². The molecule has 1 amide bonds. The molecule has 0 saturated heterocycles. The summed E-state index contributed by atoms with van der Waals surface area (Å²) in [6, 6.07) is 4.72. The van der Waals surface area contributed by atoms with E-state index >= 15 is 0 Å². The minimum atomic E-state index is -0.970. The van der Waals surface area contributed by atoms with Gasteiger partial charge in [-0.15, -0.1) is 0 Å². The highest BCUT2D eigenvalue weighted by molar-refractivity contribution is 6.33. The van der Waals surface area contributed by atoms with Gasteiger partial charge in [0.15, 0.2) is 11.6 Å². The fourth-order valence-corrected chi connectivity index (χ4v) is 1.75. The second kappa shape index (κ2) is 5.83. The van der Waals surface area contributed by atoms with Crippen LogP contribution in [0.2, 0.25) is 5.02 Å². The van der Waals surface area contributed by atoms with E-state index in [4.69, 9.17) is 17.3 Å². The number of nitrogens with one attached hydrogen (secondary N) is 1. The Morgan fingerprint density at radius 2 is 2.05 bits per heavy atom. The summed E-state index contributed by atoms with van der Waals surface area (Å²) in [5.41, 5.74) is 6.06. The van der Waals surface area contributed by atoms with Crippen molar-refractivity contribution in [2.75, 3.05) is 5.73 Å². The van der Waals surface area contributed by atoms with Crippen LogP contribution in [0, 0.1) is 11.6 Å². The first kappa shape index (κ1) is 14.2. The molecule has 0 aliphatic heterocycles. The maximum Gasteiger partial charge on any atom is 0.253 e. The molecule has 1 heterocycles. The molecule has 0 radical (unpaired) electrons. The highest BCUT2D eigenvalue weighted by Crippen LogP contribution is 2.16. The molecule has 0 aliphatic rings. The number of nitrogens with zero attached hydrogens (tertiary/aromatic N) is 1. The van der Waals surface area contributed by atoms with Gasteiger partial charge >= 0.3 is 0 Å². The van der Waals surface area contributed by atoms with E-state index < -0.39 is 17.5 Å². The van der Waals surface area contributed by atoms with Gasteiger partial charge in [-0.2, -0.15) is 0 Å². The Kier molecular flexibility index (Phi) is 4.14. The van der Waals surface area contributed by atoms with Crippen LogP contribution in [0.3, 0.4) is 0 Å². The number of nitrogens with two attached hydrogens (primary N) is 1. The largest absolute Gasteiger partial charge is 0.384 e. The van der Waals surface area contributed by atoms with Crippen molar-refractivity contribution in [2.24, 2.45) is 0 Å². The number of nitrogen functional groups attached to an aromatic ring is 1. The number of carbonyl (C=O) groups excluding carboxylic acids is 1. The van der Waals surface area contributed by atoms with Crippen LogP contribution in [0.4, 0.5) is 14.6 Å². The van der Waals surface area contributed by atoms with Crippen LogP contribution >= 0.6 is 11.6 Å². The molecule has 1 aromatic heterocycles. The molecule has 3 N–H and O–H groups in total. The van der Waals surface area contributed by atoms with Crippen LogP contribution in [-0.2, 0) is 6.54 Å². The van der Waals surface area contributed by atoms with E-state index in [1.165, 1.54) is 18.3 Å². The number of amides is 1. The van der Waals surface area contributed by atoms with E-state index in [1.54, 1.807) is 0 Å². The average molecular weight is 298 g/mol. The van der Waals surface area contributed by atoms with Crippen LogP contribution in [0.25, 0.3) is 0 Å². The zero-order valence-corrected chi connectivity index (χ0v) is 10.9. The van der Waals surface area contributed by atoms with Gasteiger partial charge in [0.25, 0.3) is 5.91 Å². The van der Waals surface area contributed by atoms with E-state index in [9.17, 15) is 13.6 Å². The van der Waals surface area contributed by atoms with Crippen molar-refractivity contribution in [3.63, 3.8) is 0 Å². The summed E-state index contributed by atoms with van der Waals surface area (Å²) in [5, 5.41) is 2.69. The lowest BCUT2D eigenvalue weighted by atomic mass is 10.2. The number of pyridine rings is 1. The Bertz CT molecular complexity index is 664. The monoisotopic (exact) mass is 297 g/mol. The van der Waals surface area contributed by atoms with Crippen LogP contribution in [0.15, 0.2) is 30.5 Å². The number of carbonyl (C=O) groups is 1. The van der Waals surface area contributed by atoms with E-state index in [-0.39, 0.29) is 22.9 Å². The maximum atomic E-state index is 13.0. The third-order valence-electron chi connectivity index (χ3n) is 2.56. The third-order valence-corrected chi connectivity index (χ3v) is 2.86. The molecule has 0 atom stereocenters. The highest BCUT2D eigenvalue weighted by atomic mass is 35.5. The SMILES string of the molecule is Nc1cc(C(=O)NCc2ccc(F)c(F)c2)c(Cl)cn1. The number of halogens is 3. The first-order chi connectivity index (χ1) is 9.47. The number of hydrogen-bond acceptors (Lipinski definition) is 3. The lowest BCUT2D eigenvalue weighted by Gasteiger charge is -2.07. The Morgan fingerprint density at radius 1 is 1.30 bits per heavy atom. The third kappa shape index (κ3) is 3.21.